The van der Waals surface area contributed by atoms with Crippen molar-refractivity contribution in [2.75, 3.05) is 23.9 Å². The molecule has 11 heteroatoms. The summed E-state index contributed by atoms with van der Waals surface area (Å²) < 4.78 is 62.9. The molecule has 7 nitrogen and oxygen atoms in total. The quantitative estimate of drug-likeness (QED) is 0.865. The minimum Gasteiger partial charge on any atom is -0.319 e. The second-order valence-electron chi connectivity index (χ2n) is 6.71. The first kappa shape index (κ1) is 19.5. The number of rotatable bonds is 4. The maximum atomic E-state index is 13.1. The van der Waals surface area contributed by atoms with E-state index in [2.05, 4.69) is 10.4 Å². The zero-order chi connectivity index (χ0) is 19.0. The molecule has 1 aromatic heterocycles. The van der Waals surface area contributed by atoms with Gasteiger partial charge in [-0.05, 0) is 20.3 Å². The first-order valence-corrected chi connectivity index (χ1v) is 9.73. The Labute approximate surface area is 144 Å². The van der Waals surface area contributed by atoms with E-state index in [4.69, 9.17) is 0 Å². The fourth-order valence-electron chi connectivity index (χ4n) is 3.00. The molecule has 0 spiro atoms. The molecule has 0 saturated carbocycles. The van der Waals surface area contributed by atoms with Gasteiger partial charge in [0.25, 0.3) is 0 Å². The van der Waals surface area contributed by atoms with Gasteiger partial charge in [-0.1, -0.05) is 0 Å². The Morgan fingerprint density at radius 3 is 2.60 bits per heavy atom. The summed E-state index contributed by atoms with van der Waals surface area (Å²) >= 11 is 0. The largest absolute Gasteiger partial charge is 0.394 e. The van der Waals surface area contributed by atoms with Crippen LogP contribution >= 0.6 is 0 Å². The second-order valence-corrected chi connectivity index (χ2v) is 8.97. The fourth-order valence-corrected chi connectivity index (χ4v) is 3.52. The number of carbonyl (C=O) groups excluding carboxylic acids is 1. The van der Waals surface area contributed by atoms with Crippen LogP contribution in [0, 0.1) is 5.92 Å². The topological polar surface area (TPSA) is 84.3 Å². The highest BCUT2D eigenvalue weighted by atomic mass is 32.2. The number of hydrogen-bond donors (Lipinski definition) is 1. The molecule has 0 aliphatic carbocycles. The molecule has 1 saturated heterocycles. The lowest BCUT2D eigenvalue weighted by molar-refractivity contribution is -0.189. The van der Waals surface area contributed by atoms with Crippen molar-refractivity contribution in [2.24, 2.45) is 5.92 Å². The Balaban J connectivity index is 2.02. The van der Waals surface area contributed by atoms with Gasteiger partial charge in [-0.2, -0.15) is 18.3 Å². The highest BCUT2D eigenvalue weighted by Crippen LogP contribution is 2.44. The maximum absolute atomic E-state index is 13.1. The fraction of sp³-hybridized carbons (Fsp3) is 0.714. The molecular formula is C14H21F3N4O3S. The lowest BCUT2D eigenvalue weighted by Crippen LogP contribution is -2.51. The summed E-state index contributed by atoms with van der Waals surface area (Å²) in [6.45, 7) is 2.91. The highest BCUT2D eigenvalue weighted by molar-refractivity contribution is 7.90. The number of alkyl halides is 3. The van der Waals surface area contributed by atoms with Gasteiger partial charge in [0, 0.05) is 25.1 Å². The number of halogens is 3. The zero-order valence-electron chi connectivity index (χ0n) is 14.2. The van der Waals surface area contributed by atoms with Crippen LogP contribution in [0.25, 0.3) is 0 Å². The molecule has 1 fully saturated rings. The molecule has 1 aromatic rings. The summed E-state index contributed by atoms with van der Waals surface area (Å²) in [5, 5.41) is 6.48. The Hall–Kier alpha value is -1.78. The second kappa shape index (κ2) is 6.50. The van der Waals surface area contributed by atoms with Crippen LogP contribution in [0.4, 0.5) is 23.8 Å². The minimum absolute atomic E-state index is 0.00219. The average molecular weight is 382 g/mol. The van der Waals surface area contributed by atoms with Gasteiger partial charge < -0.3 is 4.90 Å². The predicted octanol–water partition coefficient (Wildman–Crippen LogP) is 2.12. The van der Waals surface area contributed by atoms with E-state index in [9.17, 15) is 26.4 Å². The van der Waals surface area contributed by atoms with Crippen molar-refractivity contribution >= 4 is 21.7 Å². The maximum Gasteiger partial charge on any atom is 0.394 e. The van der Waals surface area contributed by atoms with Gasteiger partial charge in [0.1, 0.15) is 9.84 Å². The van der Waals surface area contributed by atoms with Gasteiger partial charge in [0.05, 0.1) is 23.8 Å². The van der Waals surface area contributed by atoms with Crippen molar-refractivity contribution in [1.82, 2.24) is 14.7 Å². The van der Waals surface area contributed by atoms with Crippen LogP contribution < -0.4 is 5.32 Å². The lowest BCUT2D eigenvalue weighted by Gasteiger charge is -2.36. The van der Waals surface area contributed by atoms with Crippen molar-refractivity contribution in [1.29, 1.82) is 0 Å². The molecule has 142 valence electrons. The number of anilines is 1. The third-order valence-electron chi connectivity index (χ3n) is 4.40. The molecule has 2 rings (SSSR count). The third-order valence-corrected chi connectivity index (χ3v) is 5.32. The number of hydrogen-bond acceptors (Lipinski definition) is 4. The van der Waals surface area contributed by atoms with Gasteiger partial charge >= 0.3 is 12.2 Å². The molecule has 1 aliphatic rings. The van der Waals surface area contributed by atoms with Crippen LogP contribution in [0.2, 0.25) is 0 Å². The van der Waals surface area contributed by atoms with E-state index in [1.165, 1.54) is 30.8 Å². The first-order chi connectivity index (χ1) is 11.3. The molecule has 25 heavy (non-hydrogen) atoms. The van der Waals surface area contributed by atoms with Crippen LogP contribution in [0.1, 0.15) is 20.3 Å². The number of likely N-dealkylation sites (tertiary alicyclic amines) is 1. The van der Waals surface area contributed by atoms with Gasteiger partial charge in [-0.15, -0.1) is 0 Å². The summed E-state index contributed by atoms with van der Waals surface area (Å²) in [7, 11) is -3.15. The van der Waals surface area contributed by atoms with Crippen LogP contribution in [-0.4, -0.2) is 59.4 Å². The smallest absolute Gasteiger partial charge is 0.319 e. The standard InChI is InChI=1S/C14H21F3N4O3S/c1-13(2)10(14(15,16)17)4-7-21(13)12(22)18-11-5-6-20(19-11)8-9-25(3,23)24/h5-6,10H,4,7-9H2,1-3H3,(H,18,19,22). The van der Waals surface area contributed by atoms with E-state index in [1.807, 2.05) is 0 Å². The van der Waals surface area contributed by atoms with Crippen molar-refractivity contribution in [3.63, 3.8) is 0 Å². The average Bonchev–Trinajstić information content (AvgIpc) is 2.98. The summed E-state index contributed by atoms with van der Waals surface area (Å²) in [5.74, 6) is -1.53. The Bertz CT molecular complexity index is 743. The van der Waals surface area contributed by atoms with E-state index in [1.54, 1.807) is 0 Å². The van der Waals surface area contributed by atoms with Gasteiger partial charge in [0.2, 0.25) is 0 Å². The Kier molecular flexibility index (Phi) is 5.08. The molecule has 0 radical (unpaired) electrons. The molecule has 0 aromatic carbocycles. The number of nitrogens with zero attached hydrogens (tertiary/aromatic N) is 3. The molecule has 1 atom stereocenters. The van der Waals surface area contributed by atoms with Crippen LogP contribution in [0.3, 0.4) is 0 Å². The van der Waals surface area contributed by atoms with Crippen molar-refractivity contribution < 1.29 is 26.4 Å². The molecule has 2 heterocycles. The van der Waals surface area contributed by atoms with E-state index < -0.39 is 33.5 Å². The van der Waals surface area contributed by atoms with Gasteiger partial charge in [-0.25, -0.2) is 13.2 Å². The van der Waals surface area contributed by atoms with Crippen molar-refractivity contribution in [2.45, 2.75) is 38.5 Å². The SMILES string of the molecule is CC1(C)C(C(F)(F)F)CCN1C(=O)Nc1ccn(CCS(C)(=O)=O)n1. The molecule has 1 N–H and O–H groups in total. The van der Waals surface area contributed by atoms with E-state index in [-0.39, 0.29) is 31.1 Å². The number of aromatic nitrogens is 2. The monoisotopic (exact) mass is 382 g/mol. The van der Waals surface area contributed by atoms with Crippen LogP contribution in [0.5, 0.6) is 0 Å². The van der Waals surface area contributed by atoms with E-state index in [0.29, 0.717) is 0 Å². The normalized spacial score (nSPS) is 20.7. The number of sulfone groups is 1. The molecule has 0 bridgehead atoms. The van der Waals surface area contributed by atoms with E-state index in [0.717, 1.165) is 11.2 Å². The summed E-state index contributed by atoms with van der Waals surface area (Å²) in [6.07, 6.45) is -1.92. The number of carbonyl (C=O) groups is 1. The molecule has 2 amide bonds. The number of nitrogens with one attached hydrogen (secondary N) is 1. The summed E-state index contributed by atoms with van der Waals surface area (Å²) in [5.41, 5.74) is -1.36. The highest BCUT2D eigenvalue weighted by Gasteiger charge is 2.56. The van der Waals surface area contributed by atoms with Crippen molar-refractivity contribution in [3.8, 4) is 0 Å². The zero-order valence-corrected chi connectivity index (χ0v) is 15.0. The Morgan fingerprint density at radius 2 is 2.08 bits per heavy atom. The summed E-state index contributed by atoms with van der Waals surface area (Å²) in [6, 6.07) is 0.801. The van der Waals surface area contributed by atoms with Gasteiger partial charge in [-0.3, -0.25) is 10.00 Å². The van der Waals surface area contributed by atoms with Crippen molar-refractivity contribution in [3.05, 3.63) is 12.3 Å². The molecular weight excluding hydrogens is 361 g/mol. The molecule has 1 unspecified atom stereocenters. The first-order valence-electron chi connectivity index (χ1n) is 7.67. The molecule has 1 aliphatic heterocycles. The van der Waals surface area contributed by atoms with E-state index >= 15 is 0 Å². The summed E-state index contributed by atoms with van der Waals surface area (Å²) in [4.78, 5) is 13.5. The Morgan fingerprint density at radius 1 is 1.44 bits per heavy atom. The predicted molar refractivity (Wildman–Crippen MR) is 85.9 cm³/mol. The number of aryl methyl sites for hydroxylation is 1. The van der Waals surface area contributed by atoms with Gasteiger partial charge in [0.15, 0.2) is 5.82 Å². The minimum atomic E-state index is -4.37. The lowest BCUT2D eigenvalue weighted by atomic mass is 9.88. The number of urea groups is 1. The van der Waals surface area contributed by atoms with Crippen LogP contribution in [0.15, 0.2) is 12.3 Å². The van der Waals surface area contributed by atoms with Crippen LogP contribution in [-0.2, 0) is 16.4 Å². The third kappa shape index (κ3) is 4.65. The number of amides is 2.